The zero-order chi connectivity index (χ0) is 29.5. The van der Waals surface area contributed by atoms with Crippen LogP contribution < -0.4 is 15.8 Å². The number of nitrogens with one attached hydrogen (secondary N) is 1. The number of benzene rings is 2. The number of methoxy groups -OCH3 is 1. The van der Waals surface area contributed by atoms with E-state index in [4.69, 9.17) is 10.5 Å². The fraction of sp³-hybridized carbons (Fsp3) is 0.394. The lowest BCUT2D eigenvalue weighted by Gasteiger charge is -2.27. The maximum atomic E-state index is 13.6. The Hall–Kier alpha value is -4.24. The van der Waals surface area contributed by atoms with Crippen LogP contribution in [0.4, 0.5) is 5.69 Å². The summed E-state index contributed by atoms with van der Waals surface area (Å²) in [6.45, 7) is 2.97. The average molecular weight is 567 g/mol. The van der Waals surface area contributed by atoms with E-state index in [2.05, 4.69) is 25.5 Å². The van der Waals surface area contributed by atoms with Crippen LogP contribution in [0.5, 0.6) is 5.88 Å². The Bertz CT molecular complexity index is 1460. The van der Waals surface area contributed by atoms with Crippen LogP contribution in [0.1, 0.15) is 48.9 Å². The molecule has 0 unspecified atom stereocenters. The molecule has 1 aliphatic carbocycles. The van der Waals surface area contributed by atoms with Gasteiger partial charge in [-0.25, -0.2) is 9.98 Å². The normalized spacial score (nSPS) is 18.8. The van der Waals surface area contributed by atoms with Crippen LogP contribution in [0, 0.1) is 24.7 Å². The van der Waals surface area contributed by atoms with Gasteiger partial charge in [-0.2, -0.15) is 5.11 Å². The monoisotopic (exact) mass is 566 g/mol. The molecule has 3 aromatic rings. The Morgan fingerprint density at radius 3 is 2.31 bits per heavy atom. The van der Waals surface area contributed by atoms with E-state index in [0.29, 0.717) is 43.0 Å². The zero-order valence-corrected chi connectivity index (χ0v) is 24.3. The molecule has 2 aliphatic rings. The molecular weight excluding hydrogens is 528 g/mol. The number of pyridine rings is 1. The number of aliphatic imine (C=N–C) groups is 1. The van der Waals surface area contributed by atoms with E-state index < -0.39 is 5.92 Å². The van der Waals surface area contributed by atoms with Gasteiger partial charge in [0.05, 0.1) is 7.11 Å². The summed E-state index contributed by atoms with van der Waals surface area (Å²) in [6.07, 6.45) is 4.32. The first kappa shape index (κ1) is 29.3. The number of amidine groups is 1. The van der Waals surface area contributed by atoms with Crippen molar-refractivity contribution in [3.05, 3.63) is 77.5 Å². The van der Waals surface area contributed by atoms with Gasteiger partial charge in [-0.15, -0.1) is 5.11 Å². The molecule has 3 N–H and O–H groups in total. The van der Waals surface area contributed by atoms with Gasteiger partial charge in [0.2, 0.25) is 11.8 Å². The number of aromatic nitrogens is 1. The lowest BCUT2D eigenvalue weighted by molar-refractivity contribution is -0.129. The summed E-state index contributed by atoms with van der Waals surface area (Å²) in [5.41, 5.74) is 11.3. The smallest absolute Gasteiger partial charge is 0.228 e. The topological polar surface area (TPSA) is 131 Å². The highest BCUT2D eigenvalue weighted by Gasteiger charge is 2.30. The summed E-state index contributed by atoms with van der Waals surface area (Å²) in [5, 5.41) is 11.0. The Balaban J connectivity index is 1.30. The van der Waals surface area contributed by atoms with Gasteiger partial charge < -0.3 is 15.8 Å². The second-order valence-corrected chi connectivity index (χ2v) is 11.1. The van der Waals surface area contributed by atoms with Crippen molar-refractivity contribution < 1.29 is 14.3 Å². The highest BCUT2D eigenvalue weighted by molar-refractivity contribution is 6.01. The van der Waals surface area contributed by atoms with Gasteiger partial charge >= 0.3 is 0 Å². The molecule has 1 fully saturated rings. The first-order chi connectivity index (χ1) is 20.4. The van der Waals surface area contributed by atoms with Crippen molar-refractivity contribution >= 4 is 23.2 Å². The first-order valence-electron chi connectivity index (χ1n) is 14.6. The first-order valence-corrected chi connectivity index (χ1v) is 14.6. The molecule has 0 radical (unpaired) electrons. The number of carbonyl (C=O) groups excluding carboxylic acids is 2. The van der Waals surface area contributed by atoms with Gasteiger partial charge in [0.1, 0.15) is 5.78 Å². The Labute approximate surface area is 246 Å². The number of azo groups is 1. The molecule has 1 atom stereocenters. The standard InChI is InChI=1S/C33H38N6O3/c1-21-29(15-16-31(37-21)42-2)24-7-3-22(4-8-24)17-27(18-30(40)25-9-5-23(19-34)6-10-25)33(41)38-28-13-11-26(12-14-28)32-35-20-36-39-32/h3-4,7-8,11-16,23,25,27H,5-6,9-10,17-20,34H2,1-2H3,(H,38,41)/t23?,25?,27-/m1/s1. The number of hydrogen-bond donors (Lipinski definition) is 2. The maximum Gasteiger partial charge on any atom is 0.228 e. The van der Waals surface area contributed by atoms with Crippen molar-refractivity contribution in [2.45, 2.75) is 45.4 Å². The van der Waals surface area contributed by atoms with Crippen LogP contribution in [0.15, 0.2) is 75.9 Å². The quantitative estimate of drug-likeness (QED) is 0.305. The molecule has 1 saturated carbocycles. The number of nitrogens with zero attached hydrogens (tertiary/aromatic N) is 4. The van der Waals surface area contributed by atoms with Crippen LogP contribution in [0.2, 0.25) is 0 Å². The van der Waals surface area contributed by atoms with E-state index in [0.717, 1.165) is 53.6 Å². The largest absolute Gasteiger partial charge is 0.481 e. The summed E-state index contributed by atoms with van der Waals surface area (Å²) in [4.78, 5) is 35.7. The van der Waals surface area contributed by atoms with Crippen molar-refractivity contribution in [1.29, 1.82) is 0 Å². The van der Waals surface area contributed by atoms with Crippen molar-refractivity contribution in [3.8, 4) is 17.0 Å². The lowest BCUT2D eigenvalue weighted by Crippen LogP contribution is -2.31. The molecule has 9 nitrogen and oxygen atoms in total. The minimum atomic E-state index is -0.493. The second kappa shape index (κ2) is 13.6. The molecule has 218 valence electrons. The third kappa shape index (κ3) is 7.15. The number of Topliss-reactive ketones (excluding diaryl/α,β-unsaturated/α-hetero) is 1. The second-order valence-electron chi connectivity index (χ2n) is 11.1. The van der Waals surface area contributed by atoms with E-state index in [1.54, 1.807) is 7.11 Å². The number of ketones is 1. The van der Waals surface area contributed by atoms with E-state index in [1.807, 2.05) is 67.6 Å². The minimum absolute atomic E-state index is 0.00310. The summed E-state index contributed by atoms with van der Waals surface area (Å²) in [7, 11) is 1.60. The van der Waals surface area contributed by atoms with Crippen molar-refractivity contribution in [1.82, 2.24) is 4.98 Å². The fourth-order valence-corrected chi connectivity index (χ4v) is 5.77. The van der Waals surface area contributed by atoms with E-state index in [-0.39, 0.29) is 24.0 Å². The molecule has 42 heavy (non-hydrogen) atoms. The molecule has 1 aliphatic heterocycles. The Morgan fingerprint density at radius 2 is 1.69 bits per heavy atom. The average Bonchev–Trinajstić information content (AvgIpc) is 3.57. The third-order valence-electron chi connectivity index (χ3n) is 8.33. The lowest BCUT2D eigenvalue weighted by atomic mass is 9.77. The van der Waals surface area contributed by atoms with Gasteiger partial charge in [-0.3, -0.25) is 9.59 Å². The molecule has 9 heteroatoms. The van der Waals surface area contributed by atoms with Crippen molar-refractivity contribution in [2.24, 2.45) is 38.7 Å². The van der Waals surface area contributed by atoms with Crippen LogP contribution in [-0.4, -0.2) is 42.8 Å². The molecule has 5 rings (SSSR count). The van der Waals surface area contributed by atoms with Gasteiger partial charge in [0.15, 0.2) is 12.5 Å². The summed E-state index contributed by atoms with van der Waals surface area (Å²) in [5.74, 6) is 1.17. The van der Waals surface area contributed by atoms with Gasteiger partial charge in [0.25, 0.3) is 0 Å². The van der Waals surface area contributed by atoms with E-state index in [1.165, 1.54) is 0 Å². The number of amides is 1. The van der Waals surface area contributed by atoms with Crippen molar-refractivity contribution in [3.63, 3.8) is 0 Å². The molecule has 1 aromatic heterocycles. The highest BCUT2D eigenvalue weighted by Crippen LogP contribution is 2.31. The molecular formula is C33H38N6O3. The predicted octanol–water partition coefficient (Wildman–Crippen LogP) is 5.76. The highest BCUT2D eigenvalue weighted by atomic mass is 16.5. The van der Waals surface area contributed by atoms with E-state index in [9.17, 15) is 9.59 Å². The number of aryl methyl sites for hydroxylation is 1. The van der Waals surface area contributed by atoms with Crippen LogP contribution in [-0.2, 0) is 16.0 Å². The van der Waals surface area contributed by atoms with Gasteiger partial charge in [-0.05, 0) is 92.9 Å². The Morgan fingerprint density at radius 1 is 0.976 bits per heavy atom. The molecule has 0 saturated heterocycles. The SMILES string of the molecule is COc1ccc(-c2ccc(C[C@H](CC(=O)C3CCC(CN)CC3)C(=O)Nc3ccc(C4=NCN=N4)cc3)cc2)c(C)n1. The van der Waals surface area contributed by atoms with E-state index >= 15 is 0 Å². The number of carbonyl (C=O) groups is 2. The number of anilines is 1. The summed E-state index contributed by atoms with van der Waals surface area (Å²) in [6, 6.07) is 19.4. The predicted molar refractivity (Wildman–Crippen MR) is 164 cm³/mol. The fourth-order valence-electron chi connectivity index (χ4n) is 5.77. The molecule has 0 spiro atoms. The van der Waals surface area contributed by atoms with Gasteiger partial charge in [0, 0.05) is 46.8 Å². The Kier molecular flexibility index (Phi) is 9.48. The number of ether oxygens (including phenoxy) is 1. The summed E-state index contributed by atoms with van der Waals surface area (Å²) >= 11 is 0. The molecule has 2 heterocycles. The number of rotatable bonds is 11. The number of hydrogen-bond acceptors (Lipinski definition) is 8. The van der Waals surface area contributed by atoms with Gasteiger partial charge in [-0.1, -0.05) is 24.3 Å². The number of nitrogens with two attached hydrogens (primary N) is 1. The van der Waals surface area contributed by atoms with Crippen LogP contribution >= 0.6 is 0 Å². The summed E-state index contributed by atoms with van der Waals surface area (Å²) < 4.78 is 5.23. The maximum absolute atomic E-state index is 13.6. The molecule has 2 aromatic carbocycles. The third-order valence-corrected chi connectivity index (χ3v) is 8.33. The molecule has 1 amide bonds. The van der Waals surface area contributed by atoms with Crippen LogP contribution in [0.25, 0.3) is 11.1 Å². The minimum Gasteiger partial charge on any atom is -0.481 e. The van der Waals surface area contributed by atoms with Crippen LogP contribution in [0.3, 0.4) is 0 Å². The zero-order valence-electron chi connectivity index (χ0n) is 24.3. The van der Waals surface area contributed by atoms with Crippen molar-refractivity contribution in [2.75, 3.05) is 25.6 Å². The molecule has 0 bridgehead atoms.